The molecular formula is C39H41BrFNO4. The fourth-order valence-electron chi connectivity index (χ4n) is 7.35. The summed E-state index contributed by atoms with van der Waals surface area (Å²) in [6.07, 6.45) is 3.12. The van der Waals surface area contributed by atoms with Crippen LogP contribution in [-0.4, -0.2) is 30.1 Å². The highest BCUT2D eigenvalue weighted by Gasteiger charge is 2.49. The summed E-state index contributed by atoms with van der Waals surface area (Å²) in [5.41, 5.74) is 5.52. The number of ether oxygens (including phenoxy) is 2. The summed E-state index contributed by atoms with van der Waals surface area (Å²) in [6.45, 7) is 9.32. The van der Waals surface area contributed by atoms with Gasteiger partial charge in [-0.1, -0.05) is 76.2 Å². The number of rotatable bonds is 8. The zero-order valence-corrected chi connectivity index (χ0v) is 28.8. The normalized spacial score (nSPS) is 19.2. The van der Waals surface area contributed by atoms with Gasteiger partial charge in [-0.05, 0) is 75.3 Å². The van der Waals surface area contributed by atoms with Crippen molar-refractivity contribution in [2.75, 3.05) is 13.7 Å². The zero-order chi connectivity index (χ0) is 32.8. The molecule has 0 N–H and O–H groups in total. The van der Waals surface area contributed by atoms with Crippen LogP contribution < -0.4 is 9.47 Å². The van der Waals surface area contributed by atoms with E-state index in [1.165, 1.54) is 11.6 Å². The molecule has 0 unspecified atom stereocenters. The second-order valence-corrected chi connectivity index (χ2v) is 15.2. The maximum atomic E-state index is 14.4. The van der Waals surface area contributed by atoms with E-state index in [-0.39, 0.29) is 34.8 Å². The van der Waals surface area contributed by atoms with Crippen molar-refractivity contribution < 1.29 is 23.5 Å². The van der Waals surface area contributed by atoms with Crippen molar-refractivity contribution >= 4 is 27.5 Å². The molecule has 0 aromatic heterocycles. The monoisotopic (exact) mass is 685 g/mol. The molecule has 240 valence electrons. The van der Waals surface area contributed by atoms with Gasteiger partial charge in [-0.15, -0.1) is 0 Å². The lowest BCUT2D eigenvalue weighted by Crippen LogP contribution is -2.45. The number of carbonyl (C=O) groups is 2. The Kier molecular flexibility index (Phi) is 8.75. The first kappa shape index (κ1) is 32.2. The standard InChI is InChI=1S/C39H41BrFNO4/c1-38(2)19-29-35(31(43)21-38)34(26-17-27(40)37(33(18-26)45-5)46-23-25-13-9-10-14-28(25)41)36-30(20-39(3,4)22-32(36)44)42(29)16-15-24-11-7-6-8-12-24/h6-14,17-18,34H,15-16,19-23H2,1-5H3. The molecule has 0 saturated carbocycles. The van der Waals surface area contributed by atoms with Crippen LogP contribution in [0.5, 0.6) is 11.5 Å². The van der Waals surface area contributed by atoms with E-state index >= 15 is 0 Å². The van der Waals surface area contributed by atoms with E-state index in [0.29, 0.717) is 52.1 Å². The summed E-state index contributed by atoms with van der Waals surface area (Å²) >= 11 is 3.69. The maximum Gasteiger partial charge on any atom is 0.175 e. The van der Waals surface area contributed by atoms with Gasteiger partial charge in [0.15, 0.2) is 23.1 Å². The third-order valence-electron chi connectivity index (χ3n) is 9.40. The van der Waals surface area contributed by atoms with Crippen molar-refractivity contribution in [2.45, 2.75) is 72.3 Å². The molecule has 1 heterocycles. The van der Waals surface area contributed by atoms with Gasteiger partial charge in [0.1, 0.15) is 12.4 Å². The summed E-state index contributed by atoms with van der Waals surface area (Å²) in [6, 6.07) is 20.7. The molecule has 7 heteroatoms. The lowest BCUT2D eigenvalue weighted by atomic mass is 9.63. The number of ketones is 2. The first-order valence-electron chi connectivity index (χ1n) is 15.9. The molecule has 5 nitrogen and oxygen atoms in total. The van der Waals surface area contributed by atoms with E-state index in [4.69, 9.17) is 9.47 Å². The molecule has 46 heavy (non-hydrogen) atoms. The maximum absolute atomic E-state index is 14.4. The molecule has 3 aliphatic rings. The van der Waals surface area contributed by atoms with Gasteiger partial charge in [-0.3, -0.25) is 9.59 Å². The number of benzene rings is 3. The Bertz CT molecular complexity index is 1700. The number of methoxy groups -OCH3 is 1. The molecule has 0 saturated heterocycles. The number of halogens is 2. The largest absolute Gasteiger partial charge is 0.493 e. The second-order valence-electron chi connectivity index (χ2n) is 14.3. The summed E-state index contributed by atoms with van der Waals surface area (Å²) in [4.78, 5) is 30.8. The van der Waals surface area contributed by atoms with Crippen molar-refractivity contribution in [1.82, 2.24) is 4.90 Å². The van der Waals surface area contributed by atoms with Gasteiger partial charge in [-0.25, -0.2) is 4.39 Å². The Morgan fingerprint density at radius 3 is 2.02 bits per heavy atom. The molecule has 0 spiro atoms. The van der Waals surface area contributed by atoms with Crippen LogP contribution in [0.3, 0.4) is 0 Å². The molecular weight excluding hydrogens is 645 g/mol. The topological polar surface area (TPSA) is 55.8 Å². The van der Waals surface area contributed by atoms with E-state index in [1.54, 1.807) is 25.3 Å². The lowest BCUT2D eigenvalue weighted by Gasteiger charge is -2.49. The third-order valence-corrected chi connectivity index (χ3v) is 9.99. The summed E-state index contributed by atoms with van der Waals surface area (Å²) in [7, 11) is 1.56. The fraction of sp³-hybridized carbons (Fsp3) is 0.385. The summed E-state index contributed by atoms with van der Waals surface area (Å²) in [5, 5.41) is 0. The van der Waals surface area contributed by atoms with Crippen molar-refractivity contribution in [2.24, 2.45) is 10.8 Å². The van der Waals surface area contributed by atoms with Gasteiger partial charge in [-0.2, -0.15) is 0 Å². The highest BCUT2D eigenvalue weighted by atomic mass is 79.9. The Morgan fingerprint density at radius 2 is 1.43 bits per heavy atom. The average Bonchev–Trinajstić information content (AvgIpc) is 2.99. The minimum atomic E-state index is -0.518. The Hall–Kier alpha value is -3.71. The SMILES string of the molecule is COc1cc(C2C3=C(CC(C)(C)CC3=O)N(CCc3ccccc3)C3=C2C(=O)CC(C)(C)C3)cc(Br)c1OCc1ccccc1F. The zero-order valence-electron chi connectivity index (χ0n) is 27.2. The number of Topliss-reactive ketones (excluding diaryl/α,β-unsaturated/α-hetero) is 2. The molecule has 0 amide bonds. The average molecular weight is 687 g/mol. The molecule has 1 aliphatic heterocycles. The first-order chi connectivity index (χ1) is 21.9. The Labute approximate surface area is 279 Å². The second kappa shape index (κ2) is 12.5. The van der Waals surface area contributed by atoms with E-state index in [0.717, 1.165) is 36.2 Å². The van der Waals surface area contributed by atoms with Crippen LogP contribution in [0.1, 0.15) is 76.0 Å². The number of carbonyl (C=O) groups excluding carboxylic acids is 2. The van der Waals surface area contributed by atoms with Crippen molar-refractivity contribution in [3.63, 3.8) is 0 Å². The Balaban J connectivity index is 1.48. The quantitative estimate of drug-likeness (QED) is 0.237. The molecule has 3 aromatic rings. The van der Waals surface area contributed by atoms with Crippen molar-refractivity contribution in [3.8, 4) is 11.5 Å². The van der Waals surface area contributed by atoms with E-state index in [2.05, 4.69) is 60.7 Å². The minimum Gasteiger partial charge on any atom is -0.493 e. The van der Waals surface area contributed by atoms with E-state index in [1.807, 2.05) is 30.3 Å². The van der Waals surface area contributed by atoms with Crippen LogP contribution in [0.25, 0.3) is 0 Å². The van der Waals surface area contributed by atoms with Gasteiger partial charge in [0.05, 0.1) is 11.6 Å². The Morgan fingerprint density at radius 1 is 0.848 bits per heavy atom. The van der Waals surface area contributed by atoms with Gasteiger partial charge >= 0.3 is 0 Å². The van der Waals surface area contributed by atoms with Crippen molar-refractivity contribution in [3.05, 3.63) is 116 Å². The number of allylic oxidation sites excluding steroid dienone is 4. The predicted octanol–water partition coefficient (Wildman–Crippen LogP) is 9.10. The van der Waals surface area contributed by atoms with Crippen LogP contribution >= 0.6 is 15.9 Å². The number of nitrogens with zero attached hydrogens (tertiary/aromatic N) is 1. The van der Waals surface area contributed by atoms with Crippen LogP contribution in [0.2, 0.25) is 0 Å². The van der Waals surface area contributed by atoms with Crippen LogP contribution in [0, 0.1) is 16.6 Å². The molecule has 0 bridgehead atoms. The molecule has 0 fully saturated rings. The summed E-state index contributed by atoms with van der Waals surface area (Å²) < 4.78 is 26.9. The highest BCUT2D eigenvalue weighted by Crippen LogP contribution is 2.55. The van der Waals surface area contributed by atoms with Gasteiger partial charge in [0, 0.05) is 53.4 Å². The van der Waals surface area contributed by atoms with Crippen LogP contribution in [0.4, 0.5) is 4.39 Å². The molecule has 2 aliphatic carbocycles. The fourth-order valence-corrected chi connectivity index (χ4v) is 7.92. The molecule has 6 rings (SSSR count). The molecule has 0 atom stereocenters. The minimum absolute atomic E-state index is 0.0204. The van der Waals surface area contributed by atoms with Crippen molar-refractivity contribution in [1.29, 1.82) is 0 Å². The first-order valence-corrected chi connectivity index (χ1v) is 16.7. The summed E-state index contributed by atoms with van der Waals surface area (Å²) in [5.74, 6) is 0.190. The molecule has 3 aromatic carbocycles. The van der Waals surface area contributed by atoms with Gasteiger partial charge < -0.3 is 14.4 Å². The third kappa shape index (κ3) is 6.31. The van der Waals surface area contributed by atoms with E-state index < -0.39 is 5.92 Å². The highest BCUT2D eigenvalue weighted by molar-refractivity contribution is 9.10. The van der Waals surface area contributed by atoms with Gasteiger partial charge in [0.25, 0.3) is 0 Å². The lowest BCUT2D eigenvalue weighted by molar-refractivity contribution is -0.119. The van der Waals surface area contributed by atoms with Gasteiger partial charge in [0.2, 0.25) is 0 Å². The molecule has 0 radical (unpaired) electrons. The number of hydrogen-bond acceptors (Lipinski definition) is 5. The van der Waals surface area contributed by atoms with Crippen LogP contribution in [-0.2, 0) is 22.6 Å². The predicted molar refractivity (Wildman–Crippen MR) is 181 cm³/mol. The smallest absolute Gasteiger partial charge is 0.175 e. The van der Waals surface area contributed by atoms with Crippen LogP contribution in [0.15, 0.2) is 93.7 Å². The number of hydrogen-bond donors (Lipinski definition) is 0. The van der Waals surface area contributed by atoms with E-state index in [9.17, 15) is 14.0 Å².